The second kappa shape index (κ2) is 9.04. The number of aryl methyl sites for hydroxylation is 1. The van der Waals surface area contributed by atoms with Crippen LogP contribution in [0.15, 0.2) is 18.2 Å². The lowest BCUT2D eigenvalue weighted by atomic mass is 10.1. The molecule has 0 saturated carbocycles. The van der Waals surface area contributed by atoms with Crippen molar-refractivity contribution in [1.82, 2.24) is 25.0 Å². The molecule has 1 amide bonds. The highest BCUT2D eigenvalue weighted by Crippen LogP contribution is 2.29. The monoisotopic (exact) mass is 417 g/mol. The highest BCUT2D eigenvalue weighted by atomic mass is 35.5. The van der Waals surface area contributed by atoms with Crippen molar-refractivity contribution in [1.29, 1.82) is 0 Å². The number of benzene rings is 1. The van der Waals surface area contributed by atoms with Crippen molar-refractivity contribution in [2.45, 2.75) is 32.2 Å². The Hall–Kier alpha value is -1.34. The van der Waals surface area contributed by atoms with E-state index in [0.29, 0.717) is 28.0 Å². The lowest BCUT2D eigenvalue weighted by molar-refractivity contribution is 0.0691. The minimum atomic E-state index is -0.177. The first kappa shape index (κ1) is 21.0. The maximum atomic E-state index is 12.8. The number of nitrogens with one attached hydrogen (secondary N) is 1. The minimum absolute atomic E-state index is 0. The number of carbonyl (C=O) groups excluding carboxylic acids is 1. The number of amides is 1. The van der Waals surface area contributed by atoms with E-state index < -0.39 is 0 Å². The number of rotatable bonds is 4. The predicted molar refractivity (Wildman–Crippen MR) is 106 cm³/mol. The van der Waals surface area contributed by atoms with E-state index in [-0.39, 0.29) is 30.2 Å². The van der Waals surface area contributed by atoms with Crippen LogP contribution in [-0.4, -0.2) is 51.8 Å². The normalized spacial score (nSPS) is 14.8. The smallest absolute Gasteiger partial charge is 0.293 e. The largest absolute Gasteiger partial charge is 0.336 e. The van der Waals surface area contributed by atoms with Crippen LogP contribution >= 0.6 is 35.6 Å². The third-order valence-electron chi connectivity index (χ3n) is 4.51. The summed E-state index contributed by atoms with van der Waals surface area (Å²) in [6.45, 7) is 3.79. The fourth-order valence-corrected chi connectivity index (χ4v) is 3.61. The zero-order valence-corrected chi connectivity index (χ0v) is 17.0. The second-order valence-corrected chi connectivity index (χ2v) is 6.90. The standard InChI is InChI=1S/C17H21Cl2N5O.ClH/c1-3-14-21-16(17(25)23(2)11-7-9-20-10-8-11)22-24(14)15-12(18)5-4-6-13(15)19;/h4-6,11,20H,3,7-10H2,1-2H3;1H. The average molecular weight is 419 g/mol. The summed E-state index contributed by atoms with van der Waals surface area (Å²) in [4.78, 5) is 19.0. The minimum Gasteiger partial charge on any atom is -0.336 e. The molecule has 0 radical (unpaired) electrons. The van der Waals surface area contributed by atoms with Crippen molar-refractivity contribution in [2.75, 3.05) is 20.1 Å². The molecular formula is C17H22Cl3N5O. The highest BCUT2D eigenvalue weighted by molar-refractivity contribution is 6.37. The van der Waals surface area contributed by atoms with Gasteiger partial charge in [0.25, 0.3) is 5.91 Å². The Morgan fingerprint density at radius 3 is 2.50 bits per heavy atom. The molecule has 1 fully saturated rings. The van der Waals surface area contributed by atoms with Crippen LogP contribution in [0.4, 0.5) is 0 Å². The molecule has 0 aliphatic carbocycles. The van der Waals surface area contributed by atoms with Crippen LogP contribution in [0.5, 0.6) is 0 Å². The molecule has 2 heterocycles. The van der Waals surface area contributed by atoms with Crippen LogP contribution in [0, 0.1) is 0 Å². The van der Waals surface area contributed by atoms with Gasteiger partial charge in [-0.05, 0) is 38.1 Å². The fourth-order valence-electron chi connectivity index (χ4n) is 3.05. The topological polar surface area (TPSA) is 63.1 Å². The van der Waals surface area contributed by atoms with Gasteiger partial charge in [0.15, 0.2) is 0 Å². The van der Waals surface area contributed by atoms with Crippen LogP contribution in [0.25, 0.3) is 5.69 Å². The van der Waals surface area contributed by atoms with E-state index in [1.165, 1.54) is 0 Å². The maximum absolute atomic E-state index is 12.8. The number of hydrogen-bond acceptors (Lipinski definition) is 4. The van der Waals surface area contributed by atoms with Crippen molar-refractivity contribution in [3.05, 3.63) is 39.9 Å². The van der Waals surface area contributed by atoms with Crippen molar-refractivity contribution in [3.8, 4) is 5.69 Å². The Kier molecular flexibility index (Phi) is 7.29. The molecule has 1 aromatic carbocycles. The fraction of sp³-hybridized carbons (Fsp3) is 0.471. The van der Waals surface area contributed by atoms with Crippen LogP contribution < -0.4 is 5.32 Å². The molecule has 1 N–H and O–H groups in total. The zero-order chi connectivity index (χ0) is 18.0. The van der Waals surface area contributed by atoms with Gasteiger partial charge in [0.2, 0.25) is 5.82 Å². The summed E-state index contributed by atoms with van der Waals surface area (Å²) < 4.78 is 1.58. The molecule has 0 bridgehead atoms. The molecule has 26 heavy (non-hydrogen) atoms. The quantitative estimate of drug-likeness (QED) is 0.827. The van der Waals surface area contributed by atoms with Crippen LogP contribution in [0.2, 0.25) is 10.0 Å². The van der Waals surface area contributed by atoms with Gasteiger partial charge in [-0.3, -0.25) is 4.79 Å². The van der Waals surface area contributed by atoms with Crippen molar-refractivity contribution in [3.63, 3.8) is 0 Å². The molecule has 1 aliphatic heterocycles. The van der Waals surface area contributed by atoms with Crippen molar-refractivity contribution >= 4 is 41.5 Å². The van der Waals surface area contributed by atoms with Gasteiger partial charge in [-0.1, -0.05) is 36.2 Å². The summed E-state index contributed by atoms with van der Waals surface area (Å²) in [5, 5.41) is 8.66. The lowest BCUT2D eigenvalue weighted by Gasteiger charge is -2.30. The second-order valence-electron chi connectivity index (χ2n) is 6.08. The van der Waals surface area contributed by atoms with Gasteiger partial charge in [-0.15, -0.1) is 17.5 Å². The number of halogens is 3. The summed E-state index contributed by atoms with van der Waals surface area (Å²) >= 11 is 12.6. The summed E-state index contributed by atoms with van der Waals surface area (Å²) in [6, 6.07) is 5.46. The number of aromatic nitrogens is 3. The Balaban J connectivity index is 0.00000243. The van der Waals surface area contributed by atoms with Gasteiger partial charge in [0.1, 0.15) is 11.5 Å². The first-order chi connectivity index (χ1) is 12.0. The van der Waals surface area contributed by atoms with Gasteiger partial charge >= 0.3 is 0 Å². The molecule has 0 spiro atoms. The molecule has 1 aliphatic rings. The van der Waals surface area contributed by atoms with Crippen LogP contribution in [0.1, 0.15) is 36.2 Å². The Morgan fingerprint density at radius 2 is 1.92 bits per heavy atom. The van der Waals surface area contributed by atoms with E-state index in [1.54, 1.807) is 27.8 Å². The van der Waals surface area contributed by atoms with Crippen molar-refractivity contribution in [2.24, 2.45) is 0 Å². The number of para-hydroxylation sites is 1. The third kappa shape index (κ3) is 4.14. The zero-order valence-electron chi connectivity index (χ0n) is 14.7. The van der Waals surface area contributed by atoms with Crippen LogP contribution in [-0.2, 0) is 6.42 Å². The molecule has 9 heteroatoms. The number of carbonyl (C=O) groups is 1. The van der Waals surface area contributed by atoms with E-state index in [9.17, 15) is 4.79 Å². The first-order valence-corrected chi connectivity index (χ1v) is 9.16. The number of hydrogen-bond donors (Lipinski definition) is 1. The average Bonchev–Trinajstić information content (AvgIpc) is 3.05. The van der Waals surface area contributed by atoms with Crippen molar-refractivity contribution < 1.29 is 4.79 Å². The molecule has 6 nitrogen and oxygen atoms in total. The summed E-state index contributed by atoms with van der Waals surface area (Å²) in [5.41, 5.74) is 0.554. The molecule has 2 aromatic rings. The summed E-state index contributed by atoms with van der Waals surface area (Å²) in [5.74, 6) is 0.648. The summed E-state index contributed by atoms with van der Waals surface area (Å²) in [6.07, 6.45) is 2.47. The van der Waals surface area contributed by atoms with Crippen LogP contribution in [0.3, 0.4) is 0 Å². The predicted octanol–water partition coefficient (Wildman–Crippen LogP) is 3.38. The Labute approximate surface area is 169 Å². The molecule has 0 atom stereocenters. The molecule has 142 valence electrons. The number of piperidine rings is 1. The van der Waals surface area contributed by atoms with E-state index in [2.05, 4.69) is 15.4 Å². The van der Waals surface area contributed by atoms with E-state index in [4.69, 9.17) is 23.2 Å². The van der Waals surface area contributed by atoms with E-state index in [1.807, 2.05) is 14.0 Å². The first-order valence-electron chi connectivity index (χ1n) is 8.41. The molecule has 0 unspecified atom stereocenters. The highest BCUT2D eigenvalue weighted by Gasteiger charge is 2.27. The molecular weight excluding hydrogens is 397 g/mol. The SMILES string of the molecule is CCc1nc(C(=O)N(C)C2CCNCC2)nn1-c1c(Cl)cccc1Cl.Cl. The molecule has 1 aromatic heterocycles. The van der Waals surface area contributed by atoms with Gasteiger partial charge in [-0.2, -0.15) is 0 Å². The Bertz CT molecular complexity index is 754. The number of nitrogens with zero attached hydrogens (tertiary/aromatic N) is 4. The van der Waals surface area contributed by atoms with Gasteiger partial charge in [-0.25, -0.2) is 9.67 Å². The van der Waals surface area contributed by atoms with Gasteiger partial charge < -0.3 is 10.2 Å². The third-order valence-corrected chi connectivity index (χ3v) is 5.12. The van der Waals surface area contributed by atoms with E-state index in [0.717, 1.165) is 25.9 Å². The van der Waals surface area contributed by atoms with Gasteiger partial charge in [0.05, 0.1) is 10.0 Å². The molecule has 3 rings (SSSR count). The van der Waals surface area contributed by atoms with E-state index >= 15 is 0 Å². The lowest BCUT2D eigenvalue weighted by Crippen LogP contribution is -2.44. The van der Waals surface area contributed by atoms with Gasteiger partial charge in [0, 0.05) is 19.5 Å². The summed E-state index contributed by atoms with van der Waals surface area (Å²) in [7, 11) is 1.81. The Morgan fingerprint density at radius 1 is 1.31 bits per heavy atom. The maximum Gasteiger partial charge on any atom is 0.293 e. The molecule has 1 saturated heterocycles.